The monoisotopic (exact) mass is 345 g/mol. The van der Waals surface area contributed by atoms with Crippen LogP contribution in [0.1, 0.15) is 13.8 Å². The van der Waals surface area contributed by atoms with Crippen molar-refractivity contribution in [3.8, 4) is 0 Å². The van der Waals surface area contributed by atoms with Crippen LogP contribution in [0.2, 0.25) is 0 Å². The van der Waals surface area contributed by atoms with Crippen molar-refractivity contribution in [2.75, 3.05) is 19.4 Å². The van der Waals surface area contributed by atoms with Gasteiger partial charge < -0.3 is 9.30 Å². The summed E-state index contributed by atoms with van der Waals surface area (Å²) in [5.41, 5.74) is 0. The molecule has 0 N–H and O–H groups in total. The molecule has 0 saturated carbocycles. The van der Waals surface area contributed by atoms with Crippen molar-refractivity contribution >= 4 is 30.8 Å². The Hall–Kier alpha value is -1.30. The smallest absolute Gasteiger partial charge is 0.332 e. The molecule has 0 aromatic heterocycles. The molecule has 122 valence electrons. The van der Waals surface area contributed by atoms with Crippen LogP contribution in [0.25, 0.3) is 0 Å². The maximum atomic E-state index is 12.3. The predicted molar refractivity (Wildman–Crippen MR) is 86.1 cm³/mol. The van der Waals surface area contributed by atoms with E-state index in [1.165, 1.54) is 11.4 Å². The molecule has 0 saturated heterocycles. The Morgan fingerprint density at radius 1 is 1.32 bits per heavy atom. The second-order valence-electron chi connectivity index (χ2n) is 4.14. The lowest BCUT2D eigenvalue weighted by Crippen LogP contribution is -2.43. The van der Waals surface area contributed by atoms with Crippen molar-refractivity contribution in [3.63, 3.8) is 0 Å². The first-order valence-electron chi connectivity index (χ1n) is 6.91. The standard InChI is InChI=1S/C14H20NO5PS/c1-3-19-14(17)13(15(11-16)20-4-2)10-21(18)22-12-8-6-5-7-9-12/h5-9,11,13,21H,3-4,10H2,1-2H3. The highest BCUT2D eigenvalue weighted by atomic mass is 32.7. The van der Waals surface area contributed by atoms with E-state index in [1.807, 2.05) is 30.3 Å². The van der Waals surface area contributed by atoms with E-state index in [-0.39, 0.29) is 19.4 Å². The van der Waals surface area contributed by atoms with Crippen molar-refractivity contribution in [2.24, 2.45) is 0 Å². The minimum absolute atomic E-state index is 0.00179. The Morgan fingerprint density at radius 2 is 2.00 bits per heavy atom. The summed E-state index contributed by atoms with van der Waals surface area (Å²) in [6.07, 6.45) is 0.412. The van der Waals surface area contributed by atoms with E-state index in [4.69, 9.17) is 9.57 Å². The van der Waals surface area contributed by atoms with Crippen LogP contribution in [0.3, 0.4) is 0 Å². The number of hydrogen-bond acceptors (Lipinski definition) is 6. The molecule has 0 aliphatic carbocycles. The average Bonchev–Trinajstić information content (AvgIpc) is 2.52. The molecule has 0 aliphatic rings. The molecular formula is C14H20NO5PS. The molecule has 8 heteroatoms. The average molecular weight is 345 g/mol. The van der Waals surface area contributed by atoms with Gasteiger partial charge in [0.1, 0.15) is 7.00 Å². The number of benzene rings is 1. The summed E-state index contributed by atoms with van der Waals surface area (Å²) in [7, 11) is -2.19. The van der Waals surface area contributed by atoms with E-state index >= 15 is 0 Å². The van der Waals surface area contributed by atoms with Crippen LogP contribution >= 0.6 is 18.4 Å². The van der Waals surface area contributed by atoms with Crippen LogP contribution in [-0.4, -0.2) is 42.9 Å². The van der Waals surface area contributed by atoms with Crippen LogP contribution in [-0.2, 0) is 23.7 Å². The minimum Gasteiger partial charge on any atom is -0.464 e. The van der Waals surface area contributed by atoms with Gasteiger partial charge in [-0.3, -0.25) is 9.63 Å². The molecule has 1 aromatic rings. The van der Waals surface area contributed by atoms with Crippen LogP contribution in [0.5, 0.6) is 0 Å². The fourth-order valence-electron chi connectivity index (χ4n) is 1.68. The summed E-state index contributed by atoms with van der Waals surface area (Å²) < 4.78 is 17.2. The van der Waals surface area contributed by atoms with Gasteiger partial charge >= 0.3 is 5.97 Å². The Bertz CT molecular complexity index is 499. The van der Waals surface area contributed by atoms with E-state index in [9.17, 15) is 14.2 Å². The summed E-state index contributed by atoms with van der Waals surface area (Å²) in [5.74, 6) is -0.616. The van der Waals surface area contributed by atoms with Crippen molar-refractivity contribution in [3.05, 3.63) is 30.3 Å². The van der Waals surface area contributed by atoms with E-state index in [0.29, 0.717) is 6.41 Å². The number of carbonyl (C=O) groups is 2. The van der Waals surface area contributed by atoms with E-state index in [1.54, 1.807) is 13.8 Å². The Kier molecular flexibility index (Phi) is 8.89. The third kappa shape index (κ3) is 6.22. The first-order chi connectivity index (χ1) is 10.6. The fraction of sp³-hybridized carbons (Fsp3) is 0.429. The Morgan fingerprint density at radius 3 is 2.55 bits per heavy atom. The van der Waals surface area contributed by atoms with Gasteiger partial charge in [-0.05, 0) is 26.0 Å². The Labute approximate surface area is 134 Å². The second kappa shape index (κ2) is 10.4. The number of ether oxygens (including phenoxy) is 1. The SMILES string of the molecule is CCOC(=O)C(C[PH](=O)Sc1ccccc1)N(C=O)OCC. The molecule has 6 nitrogen and oxygen atoms in total. The molecule has 2 atom stereocenters. The third-order valence-electron chi connectivity index (χ3n) is 2.58. The molecule has 1 aromatic carbocycles. The van der Waals surface area contributed by atoms with Crippen molar-refractivity contribution in [1.82, 2.24) is 5.06 Å². The number of hydrogen-bond donors (Lipinski definition) is 0. The molecule has 1 amide bonds. The normalized spacial score (nSPS) is 13.2. The molecule has 0 heterocycles. The quantitative estimate of drug-likeness (QED) is 0.281. The van der Waals surface area contributed by atoms with Gasteiger partial charge in [0.2, 0.25) is 6.41 Å². The zero-order chi connectivity index (χ0) is 16.4. The summed E-state index contributed by atoms with van der Waals surface area (Å²) in [6.45, 7) is 3.77. The molecule has 0 spiro atoms. The first-order valence-corrected chi connectivity index (χ1v) is 10.1. The molecule has 0 radical (unpaired) electrons. The van der Waals surface area contributed by atoms with Crippen LogP contribution in [0.4, 0.5) is 0 Å². The van der Waals surface area contributed by atoms with Crippen LogP contribution in [0.15, 0.2) is 35.2 Å². The van der Waals surface area contributed by atoms with Gasteiger partial charge in [0.15, 0.2) is 6.04 Å². The van der Waals surface area contributed by atoms with Crippen LogP contribution in [0, 0.1) is 0 Å². The largest absolute Gasteiger partial charge is 0.464 e. The maximum absolute atomic E-state index is 12.3. The number of esters is 1. The Balaban J connectivity index is 2.76. The molecular weight excluding hydrogens is 325 g/mol. The van der Waals surface area contributed by atoms with Gasteiger partial charge in [-0.2, -0.15) is 0 Å². The molecule has 2 unspecified atom stereocenters. The lowest BCUT2D eigenvalue weighted by molar-refractivity contribution is -0.193. The zero-order valence-corrected chi connectivity index (χ0v) is 14.4. The molecule has 22 heavy (non-hydrogen) atoms. The highest BCUT2D eigenvalue weighted by molar-refractivity contribution is 8.51. The maximum Gasteiger partial charge on any atom is 0.332 e. The van der Waals surface area contributed by atoms with Gasteiger partial charge in [0.25, 0.3) is 0 Å². The van der Waals surface area contributed by atoms with Crippen molar-refractivity contribution in [2.45, 2.75) is 24.8 Å². The molecule has 0 aliphatic heterocycles. The van der Waals surface area contributed by atoms with E-state index in [2.05, 4.69) is 0 Å². The van der Waals surface area contributed by atoms with Crippen molar-refractivity contribution < 1.29 is 23.7 Å². The zero-order valence-electron chi connectivity index (χ0n) is 12.6. The molecule has 0 bridgehead atoms. The highest BCUT2D eigenvalue weighted by Gasteiger charge is 2.29. The molecule has 1 rings (SSSR count). The van der Waals surface area contributed by atoms with Gasteiger partial charge in [-0.15, -0.1) is 0 Å². The summed E-state index contributed by atoms with van der Waals surface area (Å²) in [6, 6.07) is 8.24. The van der Waals surface area contributed by atoms with Gasteiger partial charge in [0.05, 0.1) is 13.2 Å². The van der Waals surface area contributed by atoms with Gasteiger partial charge in [-0.25, -0.2) is 9.86 Å². The lowest BCUT2D eigenvalue weighted by Gasteiger charge is -2.24. The second-order valence-corrected chi connectivity index (χ2v) is 7.95. The van der Waals surface area contributed by atoms with Crippen molar-refractivity contribution in [1.29, 1.82) is 0 Å². The highest BCUT2D eigenvalue weighted by Crippen LogP contribution is 2.44. The summed E-state index contributed by atoms with van der Waals surface area (Å²) in [4.78, 5) is 29.0. The van der Waals surface area contributed by atoms with Crippen LogP contribution < -0.4 is 0 Å². The number of carbonyl (C=O) groups excluding carboxylic acids is 2. The predicted octanol–water partition coefficient (Wildman–Crippen LogP) is 2.60. The summed E-state index contributed by atoms with van der Waals surface area (Å²) >= 11 is 1.19. The fourth-order valence-corrected chi connectivity index (χ4v) is 4.90. The number of amides is 1. The number of nitrogens with zero attached hydrogens (tertiary/aromatic N) is 1. The van der Waals surface area contributed by atoms with E-state index in [0.717, 1.165) is 9.96 Å². The lowest BCUT2D eigenvalue weighted by atomic mass is 10.3. The van der Waals surface area contributed by atoms with Gasteiger partial charge in [-0.1, -0.05) is 29.6 Å². The molecule has 0 fully saturated rings. The number of hydroxylamine groups is 2. The minimum atomic E-state index is -2.19. The first kappa shape index (κ1) is 18.7. The number of rotatable bonds is 10. The summed E-state index contributed by atoms with van der Waals surface area (Å²) in [5, 5.41) is 0.881. The third-order valence-corrected chi connectivity index (χ3v) is 5.93. The van der Waals surface area contributed by atoms with Gasteiger partial charge in [0, 0.05) is 11.1 Å². The topological polar surface area (TPSA) is 72.9 Å². The van der Waals surface area contributed by atoms with E-state index < -0.39 is 19.0 Å².